The predicted octanol–water partition coefficient (Wildman–Crippen LogP) is 4.26. The molecule has 3 rings (SSSR count). The highest BCUT2D eigenvalue weighted by atomic mass is 35.5. The van der Waals surface area contributed by atoms with Crippen molar-refractivity contribution in [1.29, 1.82) is 0 Å². The van der Waals surface area contributed by atoms with Crippen LogP contribution in [-0.4, -0.2) is 25.9 Å². The van der Waals surface area contributed by atoms with E-state index in [1.54, 1.807) is 36.4 Å². The summed E-state index contributed by atoms with van der Waals surface area (Å²) >= 11 is 13.2. The first-order chi connectivity index (χ1) is 11.9. The van der Waals surface area contributed by atoms with Crippen LogP contribution in [0, 0.1) is 0 Å². The van der Waals surface area contributed by atoms with E-state index in [1.165, 1.54) is 17.6 Å². The molecule has 1 heterocycles. The summed E-state index contributed by atoms with van der Waals surface area (Å²) in [5.41, 5.74) is 0.568. The number of aromatic nitrogens is 2. The number of carboxylic acid groups (broad SMARTS) is 1. The molecule has 1 aromatic heterocycles. The molecule has 1 atom stereocenters. The van der Waals surface area contributed by atoms with E-state index in [9.17, 15) is 14.7 Å². The first-order valence-electron chi connectivity index (χ1n) is 7.25. The van der Waals surface area contributed by atoms with Gasteiger partial charge in [0.1, 0.15) is 5.25 Å². The maximum atomic E-state index is 13.0. The molecule has 1 unspecified atom stereocenters. The summed E-state index contributed by atoms with van der Waals surface area (Å²) in [7, 11) is 0. The normalized spacial score (nSPS) is 12.3. The van der Waals surface area contributed by atoms with Gasteiger partial charge in [-0.05, 0) is 37.3 Å². The van der Waals surface area contributed by atoms with E-state index >= 15 is 0 Å². The van der Waals surface area contributed by atoms with E-state index in [-0.39, 0.29) is 15.7 Å². The van der Waals surface area contributed by atoms with Gasteiger partial charge in [-0.2, -0.15) is 0 Å². The van der Waals surface area contributed by atoms with Gasteiger partial charge in [0, 0.05) is 5.02 Å². The Balaban J connectivity index is 2.32. The summed E-state index contributed by atoms with van der Waals surface area (Å²) in [5, 5.41) is 9.79. The summed E-state index contributed by atoms with van der Waals surface area (Å²) < 4.78 is 1.32. The van der Waals surface area contributed by atoms with Crippen LogP contribution in [0.5, 0.6) is 0 Å². The predicted molar refractivity (Wildman–Crippen MR) is 100 cm³/mol. The lowest BCUT2D eigenvalue weighted by Crippen LogP contribution is -2.23. The Morgan fingerprint density at radius 1 is 1.24 bits per heavy atom. The van der Waals surface area contributed by atoms with Gasteiger partial charge in [-0.25, -0.2) is 4.98 Å². The van der Waals surface area contributed by atoms with Crippen molar-refractivity contribution >= 4 is 51.8 Å². The van der Waals surface area contributed by atoms with Crippen LogP contribution in [0.4, 0.5) is 0 Å². The first kappa shape index (κ1) is 17.8. The fraction of sp³-hybridized carbons (Fsp3) is 0.118. The molecule has 25 heavy (non-hydrogen) atoms. The molecule has 1 N–H and O–H groups in total. The molecule has 0 amide bonds. The number of halogens is 2. The Kier molecular flexibility index (Phi) is 5.03. The number of aliphatic carboxylic acids is 1. The van der Waals surface area contributed by atoms with E-state index in [0.717, 1.165) is 11.8 Å². The van der Waals surface area contributed by atoms with Gasteiger partial charge in [-0.3, -0.25) is 14.2 Å². The quantitative estimate of drug-likeness (QED) is 0.528. The molecule has 2 aromatic carbocycles. The van der Waals surface area contributed by atoms with E-state index in [0.29, 0.717) is 21.6 Å². The van der Waals surface area contributed by atoms with Crippen LogP contribution in [-0.2, 0) is 4.79 Å². The molecule has 0 spiro atoms. The van der Waals surface area contributed by atoms with Crippen molar-refractivity contribution in [3.63, 3.8) is 0 Å². The third-order valence-corrected chi connectivity index (χ3v) is 5.10. The van der Waals surface area contributed by atoms with Crippen LogP contribution in [0.1, 0.15) is 6.92 Å². The highest BCUT2D eigenvalue weighted by Gasteiger charge is 2.20. The van der Waals surface area contributed by atoms with Crippen molar-refractivity contribution in [3.8, 4) is 5.69 Å². The second kappa shape index (κ2) is 7.07. The average Bonchev–Trinajstić information content (AvgIpc) is 2.56. The van der Waals surface area contributed by atoms with Crippen molar-refractivity contribution < 1.29 is 9.90 Å². The Labute approximate surface area is 157 Å². The van der Waals surface area contributed by atoms with Gasteiger partial charge in [0.05, 0.1) is 21.6 Å². The van der Waals surface area contributed by atoms with Gasteiger partial charge in [-0.1, -0.05) is 47.1 Å². The number of benzene rings is 2. The number of carbonyl (C=O) groups is 1. The van der Waals surface area contributed by atoms with E-state index in [4.69, 9.17) is 23.2 Å². The highest BCUT2D eigenvalue weighted by molar-refractivity contribution is 8.00. The zero-order valence-corrected chi connectivity index (χ0v) is 15.3. The maximum absolute atomic E-state index is 13.0. The molecule has 0 fully saturated rings. The fourth-order valence-corrected chi connectivity index (χ4v) is 3.62. The number of nitrogens with zero attached hydrogens (tertiary/aromatic N) is 2. The number of carboxylic acids is 1. The minimum Gasteiger partial charge on any atom is -0.480 e. The number of thioether (sulfide) groups is 1. The Bertz CT molecular complexity index is 1040. The largest absolute Gasteiger partial charge is 0.480 e. The van der Waals surface area contributed by atoms with Gasteiger partial charge in [0.25, 0.3) is 5.56 Å². The van der Waals surface area contributed by atoms with Crippen LogP contribution in [0.2, 0.25) is 10.0 Å². The number of para-hydroxylation sites is 1. The maximum Gasteiger partial charge on any atom is 0.316 e. The third kappa shape index (κ3) is 3.51. The topological polar surface area (TPSA) is 72.2 Å². The third-order valence-electron chi connectivity index (χ3n) is 3.53. The number of rotatable bonds is 4. The molecular weight excluding hydrogens is 383 g/mol. The van der Waals surface area contributed by atoms with Crippen molar-refractivity contribution in [3.05, 3.63) is 62.9 Å². The summed E-state index contributed by atoms with van der Waals surface area (Å²) in [6.07, 6.45) is 0. The molecule has 0 radical (unpaired) electrons. The Morgan fingerprint density at radius 3 is 2.64 bits per heavy atom. The average molecular weight is 395 g/mol. The first-order valence-corrected chi connectivity index (χ1v) is 8.88. The van der Waals surface area contributed by atoms with Crippen LogP contribution in [0.25, 0.3) is 16.6 Å². The lowest BCUT2D eigenvalue weighted by atomic mass is 10.2. The van der Waals surface area contributed by atoms with Crippen molar-refractivity contribution in [2.75, 3.05) is 0 Å². The highest BCUT2D eigenvalue weighted by Crippen LogP contribution is 2.29. The molecular formula is C17H12Cl2N2O3S. The van der Waals surface area contributed by atoms with Crippen LogP contribution in [0.15, 0.2) is 52.4 Å². The van der Waals surface area contributed by atoms with E-state index in [2.05, 4.69) is 4.98 Å². The van der Waals surface area contributed by atoms with Crippen LogP contribution < -0.4 is 5.56 Å². The van der Waals surface area contributed by atoms with E-state index < -0.39 is 11.2 Å². The molecule has 0 aliphatic carbocycles. The molecule has 0 aliphatic heterocycles. The summed E-state index contributed by atoms with van der Waals surface area (Å²) in [4.78, 5) is 28.7. The van der Waals surface area contributed by atoms with Gasteiger partial charge >= 0.3 is 5.97 Å². The van der Waals surface area contributed by atoms with Gasteiger partial charge in [-0.15, -0.1) is 0 Å². The molecule has 5 nitrogen and oxygen atoms in total. The zero-order chi connectivity index (χ0) is 18.1. The van der Waals surface area contributed by atoms with Gasteiger partial charge in [0.15, 0.2) is 5.16 Å². The van der Waals surface area contributed by atoms with Crippen molar-refractivity contribution in [2.24, 2.45) is 0 Å². The number of hydrogen-bond acceptors (Lipinski definition) is 4. The molecule has 3 aromatic rings. The lowest BCUT2D eigenvalue weighted by Gasteiger charge is -2.15. The molecule has 0 saturated heterocycles. The number of fused-ring (bicyclic) bond motifs is 1. The second-order valence-electron chi connectivity index (χ2n) is 5.25. The Morgan fingerprint density at radius 2 is 1.96 bits per heavy atom. The minimum absolute atomic E-state index is 0.253. The van der Waals surface area contributed by atoms with E-state index in [1.807, 2.05) is 0 Å². The van der Waals surface area contributed by atoms with Crippen molar-refractivity contribution in [2.45, 2.75) is 17.3 Å². The second-order valence-corrected chi connectivity index (χ2v) is 7.40. The molecule has 0 bridgehead atoms. The zero-order valence-electron chi connectivity index (χ0n) is 12.9. The van der Waals surface area contributed by atoms with Crippen LogP contribution in [0.3, 0.4) is 0 Å². The summed E-state index contributed by atoms with van der Waals surface area (Å²) in [5.74, 6) is -0.999. The SMILES string of the molecule is CC(Sc1nc2ccccc2c(=O)n1-c1ccc(Cl)cc1Cl)C(=O)O. The number of hydrogen-bond donors (Lipinski definition) is 1. The molecule has 8 heteroatoms. The van der Waals surface area contributed by atoms with Crippen LogP contribution >= 0.6 is 35.0 Å². The van der Waals surface area contributed by atoms with Gasteiger partial charge in [0.2, 0.25) is 0 Å². The molecule has 0 aliphatic rings. The smallest absolute Gasteiger partial charge is 0.316 e. The summed E-state index contributed by atoms with van der Waals surface area (Å²) in [6.45, 7) is 1.53. The lowest BCUT2D eigenvalue weighted by molar-refractivity contribution is -0.136. The summed E-state index contributed by atoms with van der Waals surface area (Å²) in [6, 6.07) is 11.6. The Hall–Kier alpha value is -2.02. The van der Waals surface area contributed by atoms with Gasteiger partial charge < -0.3 is 5.11 Å². The standard InChI is InChI=1S/C17H12Cl2N2O3S/c1-9(16(23)24)25-17-20-13-5-3-2-4-11(13)15(22)21(17)14-7-6-10(18)8-12(14)19/h2-9H,1H3,(H,23,24). The molecule has 128 valence electrons. The van der Waals surface area contributed by atoms with Crippen molar-refractivity contribution in [1.82, 2.24) is 9.55 Å². The minimum atomic E-state index is -0.999. The fourth-order valence-electron chi connectivity index (χ4n) is 2.27. The molecule has 0 saturated carbocycles. The monoisotopic (exact) mass is 394 g/mol.